The van der Waals surface area contributed by atoms with Crippen LogP contribution in [0.2, 0.25) is 5.02 Å². The number of fused-ring (bicyclic) bond motifs is 1. The monoisotopic (exact) mass is 380 g/mol. The minimum Gasteiger partial charge on any atom is -0.321 e. The van der Waals surface area contributed by atoms with Crippen molar-refractivity contribution in [2.75, 3.05) is 20.6 Å². The Morgan fingerprint density at radius 1 is 0.926 bits per heavy atom. The van der Waals surface area contributed by atoms with Crippen LogP contribution in [0.3, 0.4) is 0 Å². The van der Waals surface area contributed by atoms with E-state index in [9.17, 15) is 0 Å². The first-order valence-corrected chi connectivity index (χ1v) is 10.5. The first-order chi connectivity index (χ1) is 12.7. The number of halogens is 1. The molecule has 1 nitrogen and oxygen atoms in total. The van der Waals surface area contributed by atoms with Crippen molar-refractivity contribution in [3.05, 3.63) is 70.8 Å². The molecule has 5 rings (SSSR count). The van der Waals surface area contributed by atoms with Crippen LogP contribution in [0.1, 0.15) is 32.3 Å². The largest absolute Gasteiger partial charge is 0.321 e. The lowest BCUT2D eigenvalue weighted by molar-refractivity contribution is -0.899. The fourth-order valence-electron chi connectivity index (χ4n) is 5.15. The molecule has 0 aliphatic heterocycles. The van der Waals surface area contributed by atoms with E-state index in [2.05, 4.69) is 70.4 Å². The van der Waals surface area contributed by atoms with Gasteiger partial charge in [0.15, 0.2) is 0 Å². The summed E-state index contributed by atoms with van der Waals surface area (Å²) in [5.74, 6) is 1.73. The third kappa shape index (κ3) is 3.73. The molecule has 0 heterocycles. The minimum absolute atomic E-state index is 0.518. The maximum atomic E-state index is 6.00. The standard InChI is InChI=1S/C25H31ClN/c1-25(2)22-12-9-21(24(25)15-22)17-27(3,4)16-18-5-7-19(8-6-18)20-10-13-23(26)14-11-20/h5-11,13-14,22,24H,12,15-17H2,1-4H3/q+1/t22-,24-/m0/s1. The minimum atomic E-state index is 0.518. The number of likely N-dealkylation sites (N-methyl/N-ethyl adjacent to an activating group) is 1. The molecular weight excluding hydrogens is 350 g/mol. The highest BCUT2D eigenvalue weighted by atomic mass is 35.5. The molecule has 27 heavy (non-hydrogen) atoms. The summed E-state index contributed by atoms with van der Waals surface area (Å²) >= 11 is 6.00. The van der Waals surface area contributed by atoms with Gasteiger partial charge in [0.2, 0.25) is 0 Å². The number of rotatable bonds is 5. The van der Waals surface area contributed by atoms with Gasteiger partial charge >= 0.3 is 0 Å². The van der Waals surface area contributed by atoms with Gasteiger partial charge in [-0.3, -0.25) is 0 Å². The Morgan fingerprint density at radius 3 is 2.07 bits per heavy atom. The summed E-state index contributed by atoms with van der Waals surface area (Å²) in [7, 11) is 4.73. The maximum absolute atomic E-state index is 6.00. The molecule has 0 saturated heterocycles. The lowest BCUT2D eigenvalue weighted by Gasteiger charge is -2.57. The number of benzene rings is 2. The summed E-state index contributed by atoms with van der Waals surface area (Å²) < 4.78 is 1.02. The van der Waals surface area contributed by atoms with Crippen molar-refractivity contribution in [3.8, 4) is 11.1 Å². The van der Waals surface area contributed by atoms with Crippen LogP contribution in [0.25, 0.3) is 11.1 Å². The van der Waals surface area contributed by atoms with Crippen LogP contribution in [-0.2, 0) is 6.54 Å². The average Bonchev–Trinajstić information content (AvgIpc) is 2.62. The predicted octanol–water partition coefficient (Wildman–Crippen LogP) is 6.58. The SMILES string of the molecule is CC1(C)[C@H]2CC=C(C[N+](C)(C)Cc3ccc(-c4ccc(Cl)cc4)cc3)[C@@H]1C2. The van der Waals surface area contributed by atoms with Crippen LogP contribution in [0.4, 0.5) is 0 Å². The van der Waals surface area contributed by atoms with E-state index in [1.165, 1.54) is 36.1 Å². The fraction of sp³-hybridized carbons (Fsp3) is 0.440. The third-order valence-electron chi connectivity index (χ3n) is 6.94. The van der Waals surface area contributed by atoms with Gasteiger partial charge in [0.25, 0.3) is 0 Å². The van der Waals surface area contributed by atoms with Gasteiger partial charge in [-0.15, -0.1) is 0 Å². The molecule has 2 atom stereocenters. The van der Waals surface area contributed by atoms with Gasteiger partial charge in [-0.05, 0) is 58.9 Å². The van der Waals surface area contributed by atoms with Crippen LogP contribution < -0.4 is 0 Å². The molecule has 3 aliphatic carbocycles. The van der Waals surface area contributed by atoms with Gasteiger partial charge in [-0.2, -0.15) is 0 Å². The molecule has 0 N–H and O–H groups in total. The van der Waals surface area contributed by atoms with E-state index in [1.54, 1.807) is 5.57 Å². The number of hydrogen-bond donors (Lipinski definition) is 0. The molecule has 2 aromatic carbocycles. The van der Waals surface area contributed by atoms with Gasteiger partial charge in [-0.25, -0.2) is 0 Å². The molecular formula is C25H31ClN+. The summed E-state index contributed by atoms with van der Waals surface area (Å²) in [5.41, 5.74) is 6.08. The average molecular weight is 381 g/mol. The second kappa shape index (κ2) is 6.79. The number of allylic oxidation sites excluding steroid dienone is 1. The molecule has 2 heteroatoms. The number of quaternary nitrogens is 1. The van der Waals surface area contributed by atoms with E-state index in [4.69, 9.17) is 11.6 Å². The highest BCUT2D eigenvalue weighted by Crippen LogP contribution is 2.59. The summed E-state index contributed by atoms with van der Waals surface area (Å²) in [6, 6.07) is 17.1. The molecule has 142 valence electrons. The molecule has 0 amide bonds. The van der Waals surface area contributed by atoms with Gasteiger partial charge in [0.1, 0.15) is 13.1 Å². The summed E-state index contributed by atoms with van der Waals surface area (Å²) in [6.45, 7) is 7.16. The molecule has 0 spiro atoms. The number of hydrogen-bond acceptors (Lipinski definition) is 0. The molecule has 0 radical (unpaired) electrons. The first-order valence-electron chi connectivity index (χ1n) is 10.1. The Balaban J connectivity index is 1.43. The molecule has 2 aromatic rings. The molecule has 3 aliphatic rings. The van der Waals surface area contributed by atoms with Crippen LogP contribution in [0.15, 0.2) is 60.2 Å². The van der Waals surface area contributed by atoms with E-state index in [1.807, 2.05) is 12.1 Å². The van der Waals surface area contributed by atoms with Crippen molar-refractivity contribution < 1.29 is 4.48 Å². The zero-order valence-corrected chi connectivity index (χ0v) is 17.8. The third-order valence-corrected chi connectivity index (χ3v) is 7.19. The topological polar surface area (TPSA) is 0 Å². The highest BCUT2D eigenvalue weighted by molar-refractivity contribution is 6.30. The van der Waals surface area contributed by atoms with Crippen molar-refractivity contribution in [2.24, 2.45) is 17.3 Å². The van der Waals surface area contributed by atoms with Crippen molar-refractivity contribution >= 4 is 11.6 Å². The lowest BCUT2D eigenvalue weighted by Crippen LogP contribution is -2.52. The quantitative estimate of drug-likeness (QED) is 0.406. The Kier molecular flexibility index (Phi) is 4.72. The van der Waals surface area contributed by atoms with Crippen LogP contribution in [-0.4, -0.2) is 25.1 Å². The van der Waals surface area contributed by atoms with Crippen LogP contribution in [0, 0.1) is 17.3 Å². The molecule has 0 aromatic heterocycles. The number of nitrogens with zero attached hydrogens (tertiary/aromatic N) is 1. The fourth-order valence-corrected chi connectivity index (χ4v) is 5.27. The van der Waals surface area contributed by atoms with E-state index in [0.717, 1.165) is 27.9 Å². The van der Waals surface area contributed by atoms with Gasteiger partial charge in [-0.1, -0.05) is 67.9 Å². The smallest absolute Gasteiger partial charge is 0.104 e. The Hall–Kier alpha value is -1.57. The second-order valence-electron chi connectivity index (χ2n) is 9.78. The second-order valence-corrected chi connectivity index (χ2v) is 10.2. The van der Waals surface area contributed by atoms with Crippen molar-refractivity contribution in [1.29, 1.82) is 0 Å². The van der Waals surface area contributed by atoms with Crippen LogP contribution in [0.5, 0.6) is 0 Å². The first kappa shape index (κ1) is 18.8. The molecule has 1 saturated carbocycles. The van der Waals surface area contributed by atoms with Crippen molar-refractivity contribution in [1.82, 2.24) is 0 Å². The van der Waals surface area contributed by atoms with Gasteiger partial charge in [0, 0.05) is 10.6 Å². The summed E-state index contributed by atoms with van der Waals surface area (Å²) in [6.07, 6.45) is 5.25. The lowest BCUT2D eigenvalue weighted by atomic mass is 9.49. The zero-order valence-electron chi connectivity index (χ0n) is 17.0. The molecule has 0 unspecified atom stereocenters. The Morgan fingerprint density at radius 2 is 1.52 bits per heavy atom. The maximum Gasteiger partial charge on any atom is 0.104 e. The van der Waals surface area contributed by atoms with Crippen LogP contribution >= 0.6 is 11.6 Å². The Labute approximate surface area is 169 Å². The van der Waals surface area contributed by atoms with E-state index < -0.39 is 0 Å². The van der Waals surface area contributed by atoms with E-state index in [-0.39, 0.29) is 0 Å². The summed E-state index contributed by atoms with van der Waals surface area (Å²) in [4.78, 5) is 0. The summed E-state index contributed by atoms with van der Waals surface area (Å²) in [5, 5.41) is 0.785. The van der Waals surface area contributed by atoms with Crippen molar-refractivity contribution in [3.63, 3.8) is 0 Å². The van der Waals surface area contributed by atoms with E-state index >= 15 is 0 Å². The normalized spacial score (nSPS) is 23.5. The van der Waals surface area contributed by atoms with Gasteiger partial charge < -0.3 is 4.48 Å². The van der Waals surface area contributed by atoms with E-state index in [0.29, 0.717) is 5.41 Å². The molecule has 1 fully saturated rings. The van der Waals surface area contributed by atoms with Gasteiger partial charge in [0.05, 0.1) is 14.1 Å². The predicted molar refractivity (Wildman–Crippen MR) is 116 cm³/mol. The molecule has 2 bridgehead atoms. The zero-order chi connectivity index (χ0) is 19.2. The highest BCUT2D eigenvalue weighted by Gasteiger charge is 2.52. The Bertz CT molecular complexity index is 843. The van der Waals surface area contributed by atoms with Crippen molar-refractivity contribution in [2.45, 2.75) is 33.2 Å².